The number of nitrogens with zero attached hydrogens (tertiary/aromatic N) is 1. The molecule has 0 unspecified atom stereocenters. The number of hydrogen-bond acceptors (Lipinski definition) is 3. The van der Waals surface area contributed by atoms with Crippen molar-refractivity contribution in [3.8, 4) is 0 Å². The second-order valence-electron chi connectivity index (χ2n) is 7.07. The molecular weight excluding hydrogens is 400 g/mol. The van der Waals surface area contributed by atoms with Gasteiger partial charge < -0.3 is 5.32 Å². The first kappa shape index (κ1) is 19.9. The molecule has 0 aliphatic carbocycles. The molecule has 30 heavy (non-hydrogen) atoms. The molecule has 3 aromatic rings. The fourth-order valence-electron chi connectivity index (χ4n) is 3.47. The normalized spacial score (nSPS) is 12.8. The first-order valence-corrected chi connectivity index (χ1v) is 10.0. The number of anilines is 2. The standard InChI is InChI=1S/C24H19ClN2O3/c25-17-13-11-16(12-14-17)5-3-10-22(28)26-18-6-4-7-19(15-18)27-23(29)20-8-1-2-9-21(20)24(27)30/h1-2,4,6-9,11-15H,3,5,10H2,(H,26,28). The van der Waals surface area contributed by atoms with E-state index in [2.05, 4.69) is 5.32 Å². The minimum atomic E-state index is -0.359. The van der Waals surface area contributed by atoms with Gasteiger partial charge in [-0.05, 0) is 60.9 Å². The molecule has 6 heteroatoms. The van der Waals surface area contributed by atoms with Crippen LogP contribution in [0.4, 0.5) is 11.4 Å². The Labute approximate surface area is 179 Å². The van der Waals surface area contributed by atoms with Gasteiger partial charge in [-0.3, -0.25) is 14.4 Å². The third-order valence-electron chi connectivity index (χ3n) is 4.96. The lowest BCUT2D eigenvalue weighted by Crippen LogP contribution is -2.29. The van der Waals surface area contributed by atoms with Crippen LogP contribution in [0.25, 0.3) is 0 Å². The number of halogens is 1. The molecule has 0 fully saturated rings. The highest BCUT2D eigenvalue weighted by Gasteiger charge is 2.36. The maximum absolute atomic E-state index is 12.6. The van der Waals surface area contributed by atoms with Crippen molar-refractivity contribution in [1.82, 2.24) is 0 Å². The zero-order valence-corrected chi connectivity index (χ0v) is 16.9. The first-order chi connectivity index (χ1) is 14.5. The highest BCUT2D eigenvalue weighted by molar-refractivity contribution is 6.34. The summed E-state index contributed by atoms with van der Waals surface area (Å²) in [4.78, 5) is 38.8. The highest BCUT2D eigenvalue weighted by Crippen LogP contribution is 2.29. The van der Waals surface area contributed by atoms with Gasteiger partial charge in [-0.2, -0.15) is 0 Å². The van der Waals surface area contributed by atoms with Gasteiger partial charge in [0.05, 0.1) is 16.8 Å². The third kappa shape index (κ3) is 4.11. The summed E-state index contributed by atoms with van der Waals surface area (Å²) in [6.07, 6.45) is 1.84. The second kappa shape index (κ2) is 8.51. The van der Waals surface area contributed by atoms with Crippen LogP contribution in [0.1, 0.15) is 39.1 Å². The number of hydrogen-bond donors (Lipinski definition) is 1. The molecule has 0 saturated heterocycles. The van der Waals surface area contributed by atoms with Crippen molar-refractivity contribution in [2.45, 2.75) is 19.3 Å². The zero-order valence-electron chi connectivity index (χ0n) is 16.1. The van der Waals surface area contributed by atoms with Crippen molar-refractivity contribution in [2.75, 3.05) is 10.2 Å². The van der Waals surface area contributed by atoms with Crippen molar-refractivity contribution < 1.29 is 14.4 Å². The fourth-order valence-corrected chi connectivity index (χ4v) is 3.60. The number of nitrogens with one attached hydrogen (secondary N) is 1. The number of carbonyl (C=O) groups is 3. The molecule has 0 spiro atoms. The summed E-state index contributed by atoms with van der Waals surface area (Å²) in [5.41, 5.74) is 2.87. The van der Waals surface area contributed by atoms with Gasteiger partial charge in [0, 0.05) is 17.1 Å². The monoisotopic (exact) mass is 418 g/mol. The van der Waals surface area contributed by atoms with Gasteiger partial charge in [0.15, 0.2) is 0 Å². The average Bonchev–Trinajstić information content (AvgIpc) is 3.00. The van der Waals surface area contributed by atoms with E-state index >= 15 is 0 Å². The molecule has 1 N–H and O–H groups in total. The van der Waals surface area contributed by atoms with Crippen molar-refractivity contribution >= 4 is 40.7 Å². The van der Waals surface area contributed by atoms with Crippen LogP contribution in [0.3, 0.4) is 0 Å². The Balaban J connectivity index is 1.39. The summed E-state index contributed by atoms with van der Waals surface area (Å²) in [7, 11) is 0. The van der Waals surface area contributed by atoms with E-state index < -0.39 is 0 Å². The summed E-state index contributed by atoms with van der Waals surface area (Å²) in [6.45, 7) is 0. The number of benzene rings is 3. The first-order valence-electron chi connectivity index (χ1n) is 9.65. The number of amides is 3. The van der Waals surface area contributed by atoms with Crippen LogP contribution in [0.2, 0.25) is 5.02 Å². The second-order valence-corrected chi connectivity index (χ2v) is 7.51. The summed E-state index contributed by atoms with van der Waals surface area (Å²) < 4.78 is 0. The molecule has 1 heterocycles. The van der Waals surface area contributed by atoms with Crippen LogP contribution in [0, 0.1) is 0 Å². The number of aryl methyl sites for hydroxylation is 1. The molecule has 4 rings (SSSR count). The Bertz CT molecular complexity index is 1090. The highest BCUT2D eigenvalue weighted by atomic mass is 35.5. The van der Waals surface area contributed by atoms with E-state index in [9.17, 15) is 14.4 Å². The summed E-state index contributed by atoms with van der Waals surface area (Å²) in [5.74, 6) is -0.840. The molecule has 0 atom stereocenters. The van der Waals surface area contributed by atoms with E-state index in [1.807, 2.05) is 24.3 Å². The van der Waals surface area contributed by atoms with Crippen LogP contribution in [0.15, 0.2) is 72.8 Å². The molecule has 0 bridgehead atoms. The van der Waals surface area contributed by atoms with Crippen LogP contribution in [0.5, 0.6) is 0 Å². The van der Waals surface area contributed by atoms with Crippen molar-refractivity contribution in [3.05, 3.63) is 94.5 Å². The molecule has 1 aliphatic rings. The maximum Gasteiger partial charge on any atom is 0.266 e. The van der Waals surface area contributed by atoms with E-state index in [1.165, 1.54) is 0 Å². The number of rotatable bonds is 6. The topological polar surface area (TPSA) is 66.5 Å². The van der Waals surface area contributed by atoms with Crippen LogP contribution >= 0.6 is 11.6 Å². The molecule has 5 nitrogen and oxygen atoms in total. The van der Waals surface area contributed by atoms with E-state index in [0.29, 0.717) is 40.4 Å². The van der Waals surface area contributed by atoms with Crippen LogP contribution in [-0.4, -0.2) is 17.7 Å². The SMILES string of the molecule is O=C(CCCc1ccc(Cl)cc1)Nc1cccc(N2C(=O)c3ccccc3C2=O)c1. The Morgan fingerprint density at radius 3 is 2.20 bits per heavy atom. The average molecular weight is 419 g/mol. The van der Waals surface area contributed by atoms with E-state index in [1.54, 1.807) is 48.5 Å². The van der Waals surface area contributed by atoms with Crippen LogP contribution < -0.4 is 10.2 Å². The molecule has 3 amide bonds. The smallest absolute Gasteiger partial charge is 0.266 e. The van der Waals surface area contributed by atoms with Gasteiger partial charge in [-0.15, -0.1) is 0 Å². The molecule has 0 saturated carbocycles. The molecule has 1 aliphatic heterocycles. The van der Waals surface area contributed by atoms with Gasteiger partial charge in [0.25, 0.3) is 11.8 Å². The van der Waals surface area contributed by atoms with E-state index in [-0.39, 0.29) is 17.7 Å². The van der Waals surface area contributed by atoms with Crippen molar-refractivity contribution in [1.29, 1.82) is 0 Å². The summed E-state index contributed by atoms with van der Waals surface area (Å²) in [5, 5.41) is 3.53. The minimum Gasteiger partial charge on any atom is -0.326 e. The quantitative estimate of drug-likeness (QED) is 0.566. The molecule has 0 radical (unpaired) electrons. The lowest BCUT2D eigenvalue weighted by atomic mass is 10.1. The fraction of sp³-hybridized carbons (Fsp3) is 0.125. The number of imide groups is 1. The molecular formula is C24H19ClN2O3. The minimum absolute atomic E-state index is 0.122. The van der Waals surface area contributed by atoms with E-state index in [4.69, 9.17) is 11.6 Å². The summed E-state index contributed by atoms with van der Waals surface area (Å²) >= 11 is 5.88. The van der Waals surface area contributed by atoms with Gasteiger partial charge in [-0.25, -0.2) is 4.90 Å². The van der Waals surface area contributed by atoms with Gasteiger partial charge in [0.2, 0.25) is 5.91 Å². The molecule has 150 valence electrons. The number of carbonyl (C=O) groups excluding carboxylic acids is 3. The largest absolute Gasteiger partial charge is 0.326 e. The van der Waals surface area contributed by atoms with Gasteiger partial charge in [-0.1, -0.05) is 41.9 Å². The predicted molar refractivity (Wildman–Crippen MR) is 117 cm³/mol. The van der Waals surface area contributed by atoms with Crippen LogP contribution in [-0.2, 0) is 11.2 Å². The van der Waals surface area contributed by atoms with Crippen molar-refractivity contribution in [2.24, 2.45) is 0 Å². The zero-order chi connectivity index (χ0) is 21.1. The Morgan fingerprint density at radius 2 is 1.53 bits per heavy atom. The third-order valence-corrected chi connectivity index (χ3v) is 5.22. The molecule has 0 aromatic heterocycles. The number of fused-ring (bicyclic) bond motifs is 1. The Morgan fingerprint density at radius 1 is 0.867 bits per heavy atom. The Kier molecular flexibility index (Phi) is 5.63. The van der Waals surface area contributed by atoms with Crippen molar-refractivity contribution in [3.63, 3.8) is 0 Å². The van der Waals surface area contributed by atoms with Gasteiger partial charge in [0.1, 0.15) is 0 Å². The predicted octanol–water partition coefficient (Wildman–Crippen LogP) is 5.10. The lowest BCUT2D eigenvalue weighted by Gasteiger charge is -2.15. The maximum atomic E-state index is 12.6. The van der Waals surface area contributed by atoms with E-state index in [0.717, 1.165) is 16.9 Å². The molecule has 3 aromatic carbocycles. The summed E-state index contributed by atoms with van der Waals surface area (Å²) in [6, 6.07) is 21.1. The Hall–Kier alpha value is -3.44. The lowest BCUT2D eigenvalue weighted by molar-refractivity contribution is -0.116. The van der Waals surface area contributed by atoms with Gasteiger partial charge >= 0.3 is 0 Å².